The maximum atomic E-state index is 16.1. The van der Waals surface area contributed by atoms with Crippen LogP contribution in [0.3, 0.4) is 0 Å². The number of likely N-dealkylation sites (tertiary alicyclic amines) is 1. The fraction of sp³-hybridized carbons (Fsp3) is 0.564. The molecule has 4 aliphatic heterocycles. The summed E-state index contributed by atoms with van der Waals surface area (Å²) in [7, 11) is 1.46. The lowest BCUT2D eigenvalue weighted by Gasteiger charge is -2.35. The van der Waals surface area contributed by atoms with E-state index in [1.807, 2.05) is 29.2 Å². The fourth-order valence-electron chi connectivity index (χ4n) is 7.97. The summed E-state index contributed by atoms with van der Waals surface area (Å²) in [6.45, 7) is 7.08. The number of aliphatic hydroxyl groups is 1. The number of hydrogen-bond donors (Lipinski definition) is 1. The van der Waals surface area contributed by atoms with Crippen molar-refractivity contribution in [1.82, 2.24) is 29.7 Å². The molecule has 0 spiro atoms. The van der Waals surface area contributed by atoms with Crippen LogP contribution in [0.5, 0.6) is 6.01 Å². The molecule has 4 saturated heterocycles. The lowest BCUT2D eigenvalue weighted by atomic mass is 9.99. The zero-order chi connectivity index (χ0) is 37.5. The van der Waals surface area contributed by atoms with E-state index in [9.17, 15) is 14.3 Å². The molecule has 3 atom stereocenters. The van der Waals surface area contributed by atoms with E-state index in [0.717, 1.165) is 50.8 Å². The lowest BCUT2D eigenvalue weighted by Crippen LogP contribution is -2.48. The number of benzene rings is 1. The van der Waals surface area contributed by atoms with Crippen LogP contribution >= 0.6 is 11.6 Å². The quantitative estimate of drug-likeness (QED) is 0.285. The van der Waals surface area contributed by atoms with Crippen LogP contribution in [0.1, 0.15) is 63.4 Å². The normalized spacial score (nSPS) is 23.0. The van der Waals surface area contributed by atoms with Crippen molar-refractivity contribution < 1.29 is 23.4 Å². The molecule has 1 aliphatic carbocycles. The molecule has 11 nitrogen and oxygen atoms in total. The Kier molecular flexibility index (Phi) is 13.1. The van der Waals surface area contributed by atoms with Gasteiger partial charge in [0.2, 0.25) is 5.91 Å². The van der Waals surface area contributed by atoms with Crippen LogP contribution in [0.4, 0.5) is 14.6 Å². The lowest BCUT2D eigenvalue weighted by molar-refractivity contribution is -0.126. The number of pyridine rings is 1. The van der Waals surface area contributed by atoms with Crippen molar-refractivity contribution in [2.75, 3.05) is 71.0 Å². The van der Waals surface area contributed by atoms with Gasteiger partial charge in [-0.2, -0.15) is 15.2 Å². The van der Waals surface area contributed by atoms with E-state index in [4.69, 9.17) is 21.6 Å². The Bertz CT molecular complexity index is 1800. The molecule has 284 valence electrons. The van der Waals surface area contributed by atoms with Gasteiger partial charge in [0.05, 0.1) is 25.2 Å². The van der Waals surface area contributed by atoms with Gasteiger partial charge in [0, 0.05) is 81.1 Å². The molecule has 14 heteroatoms. The van der Waals surface area contributed by atoms with Gasteiger partial charge < -0.3 is 19.6 Å². The third-order valence-corrected chi connectivity index (χ3v) is 11.1. The molecule has 1 N–H and O–H groups in total. The number of aromatic nitrogens is 3. The van der Waals surface area contributed by atoms with E-state index in [1.54, 1.807) is 23.2 Å². The van der Waals surface area contributed by atoms with Crippen LogP contribution in [0.2, 0.25) is 5.02 Å². The third kappa shape index (κ3) is 9.06. The van der Waals surface area contributed by atoms with Gasteiger partial charge in [0.25, 0.3) is 0 Å². The zero-order valence-electron chi connectivity index (χ0n) is 30.6. The SMILES string of the molecule is CC#N.COc1nc(N2CCN(C(=O)/C=C/CN3CCC[C@@H]3CO)CC2)c2cnc(-c3cccc(Cl)c3C3CC3)c(F)c2n1.FC1CC2CCCN2C1. The molecule has 1 aromatic carbocycles. The van der Waals surface area contributed by atoms with Gasteiger partial charge in [-0.05, 0) is 75.6 Å². The number of aliphatic hydroxyl groups excluding tert-OH is 1. The van der Waals surface area contributed by atoms with Crippen LogP contribution in [0, 0.1) is 17.1 Å². The Balaban J connectivity index is 0.000000340. The van der Waals surface area contributed by atoms with E-state index < -0.39 is 12.0 Å². The molecule has 53 heavy (non-hydrogen) atoms. The van der Waals surface area contributed by atoms with Gasteiger partial charge in [-0.15, -0.1) is 0 Å². The summed E-state index contributed by atoms with van der Waals surface area (Å²) < 4.78 is 34.1. The Hall–Kier alpha value is -3.96. The first-order chi connectivity index (χ1) is 25.8. The highest BCUT2D eigenvalue weighted by atomic mass is 35.5. The second-order valence-electron chi connectivity index (χ2n) is 14.2. The number of nitrogens with zero attached hydrogens (tertiary/aromatic N) is 8. The minimum absolute atomic E-state index is 0.0418. The highest BCUT2D eigenvalue weighted by Gasteiger charge is 2.35. The molecular formula is C39H49ClF2N8O3. The largest absolute Gasteiger partial charge is 0.467 e. The second-order valence-corrected chi connectivity index (χ2v) is 14.6. The molecule has 1 saturated carbocycles. The average Bonchev–Trinajstić information content (AvgIpc) is 3.55. The molecule has 3 aromatic rings. The number of carbonyl (C=O) groups excluding carboxylic acids is 1. The number of nitriles is 1. The summed E-state index contributed by atoms with van der Waals surface area (Å²) in [5, 5.41) is 17.9. The van der Waals surface area contributed by atoms with Gasteiger partial charge >= 0.3 is 6.01 Å². The predicted molar refractivity (Wildman–Crippen MR) is 201 cm³/mol. The minimum atomic E-state index is -0.533. The monoisotopic (exact) mass is 750 g/mol. The molecule has 5 aliphatic rings. The van der Waals surface area contributed by atoms with Crippen LogP contribution in [-0.2, 0) is 4.79 Å². The molecule has 0 bridgehead atoms. The Morgan fingerprint density at radius 3 is 2.57 bits per heavy atom. The van der Waals surface area contributed by atoms with Crippen molar-refractivity contribution >= 4 is 34.2 Å². The van der Waals surface area contributed by atoms with Gasteiger partial charge in [-0.1, -0.05) is 29.8 Å². The van der Waals surface area contributed by atoms with Crippen molar-refractivity contribution in [3.63, 3.8) is 0 Å². The number of fused-ring (bicyclic) bond motifs is 2. The summed E-state index contributed by atoms with van der Waals surface area (Å²) in [6, 6.07) is 8.12. The maximum Gasteiger partial charge on any atom is 0.318 e. The first-order valence-corrected chi connectivity index (χ1v) is 19.1. The number of anilines is 1. The standard InChI is InChI=1S/C30H34ClFN6O3.C7H12FN.C2H3N/c1-41-30-34-28-22(17-33-27(26(28)32)21-6-2-7-23(31)25(21)19-9-10-19)29(35-30)38-15-13-37(14-16-38)24(40)8-4-12-36-11-3-5-20(36)18-39;8-6-4-7-2-1-3-9(7)5-6;1-2-3/h2,4,6-8,17,19-20,39H,3,5,9-16,18H2,1H3;6-7H,1-5H2;1H3/b8-4+;;/t20-;;/m1../s1. The molecule has 1 amide bonds. The highest BCUT2D eigenvalue weighted by molar-refractivity contribution is 6.32. The number of rotatable bonds is 8. The molecule has 8 rings (SSSR count). The average molecular weight is 751 g/mol. The molecular weight excluding hydrogens is 702 g/mol. The van der Waals surface area contributed by atoms with Gasteiger partial charge in [-0.25, -0.2) is 8.78 Å². The Morgan fingerprint density at radius 1 is 1.11 bits per heavy atom. The highest BCUT2D eigenvalue weighted by Crippen LogP contribution is 2.48. The summed E-state index contributed by atoms with van der Waals surface area (Å²) in [6.07, 6.45) is 12.1. The van der Waals surface area contributed by atoms with Gasteiger partial charge in [0.1, 0.15) is 23.2 Å². The van der Waals surface area contributed by atoms with Crippen molar-refractivity contribution in [1.29, 1.82) is 5.26 Å². The Morgan fingerprint density at radius 2 is 1.87 bits per heavy atom. The molecule has 5 fully saturated rings. The Labute approximate surface area is 315 Å². The van der Waals surface area contributed by atoms with E-state index in [0.29, 0.717) is 73.0 Å². The predicted octanol–water partition coefficient (Wildman–Crippen LogP) is 5.75. The topological polar surface area (TPSA) is 122 Å². The minimum Gasteiger partial charge on any atom is -0.467 e. The van der Waals surface area contributed by atoms with Crippen LogP contribution in [0.15, 0.2) is 36.5 Å². The maximum absolute atomic E-state index is 16.1. The third-order valence-electron chi connectivity index (χ3n) is 10.8. The molecule has 2 aromatic heterocycles. The van der Waals surface area contributed by atoms with Crippen molar-refractivity contribution in [2.24, 2.45) is 0 Å². The van der Waals surface area contributed by atoms with Crippen LogP contribution in [0.25, 0.3) is 22.2 Å². The van der Waals surface area contributed by atoms with E-state index in [-0.39, 0.29) is 35.8 Å². The number of halogens is 3. The van der Waals surface area contributed by atoms with E-state index in [2.05, 4.69) is 24.8 Å². The fourth-order valence-corrected chi connectivity index (χ4v) is 8.30. The first-order valence-electron chi connectivity index (χ1n) is 18.7. The van der Waals surface area contributed by atoms with E-state index in [1.165, 1.54) is 26.9 Å². The number of methoxy groups -OCH3 is 1. The summed E-state index contributed by atoms with van der Waals surface area (Å²) in [4.78, 5) is 34.6. The summed E-state index contributed by atoms with van der Waals surface area (Å²) >= 11 is 6.52. The van der Waals surface area contributed by atoms with Crippen molar-refractivity contribution in [3.05, 3.63) is 53.0 Å². The number of piperazine rings is 1. The summed E-state index contributed by atoms with van der Waals surface area (Å²) in [5.74, 6) is 0.275. The molecule has 6 heterocycles. The van der Waals surface area contributed by atoms with E-state index >= 15 is 4.39 Å². The number of hydrogen-bond acceptors (Lipinski definition) is 10. The number of amides is 1. The number of alkyl halides is 1. The smallest absolute Gasteiger partial charge is 0.318 e. The second kappa shape index (κ2) is 17.9. The number of ether oxygens (including phenoxy) is 1. The molecule has 0 radical (unpaired) electrons. The van der Waals surface area contributed by atoms with Gasteiger partial charge in [-0.3, -0.25) is 19.6 Å². The van der Waals surface area contributed by atoms with Crippen molar-refractivity contribution in [2.45, 2.75) is 76.0 Å². The molecule has 2 unspecified atom stereocenters. The van der Waals surface area contributed by atoms with Crippen molar-refractivity contribution in [3.8, 4) is 23.3 Å². The van der Waals surface area contributed by atoms with Crippen LogP contribution < -0.4 is 9.64 Å². The van der Waals surface area contributed by atoms with Crippen LogP contribution in [-0.4, -0.2) is 125 Å². The zero-order valence-corrected chi connectivity index (χ0v) is 31.3. The summed E-state index contributed by atoms with van der Waals surface area (Å²) in [5.41, 5.74) is 1.98. The first kappa shape index (κ1) is 38.8. The van der Waals surface area contributed by atoms with Gasteiger partial charge in [0.15, 0.2) is 5.82 Å². The number of carbonyl (C=O) groups is 1.